The lowest BCUT2D eigenvalue weighted by Gasteiger charge is -2.18. The fraction of sp³-hybridized carbons (Fsp3) is 0.308. The summed E-state index contributed by atoms with van der Waals surface area (Å²) >= 11 is 1.46. The van der Waals surface area contributed by atoms with E-state index in [0.29, 0.717) is 11.1 Å². The Hall–Kier alpha value is -1.42. The van der Waals surface area contributed by atoms with E-state index in [0.717, 1.165) is 23.1 Å². The van der Waals surface area contributed by atoms with Gasteiger partial charge in [0.15, 0.2) is 0 Å². The highest BCUT2D eigenvalue weighted by Crippen LogP contribution is 2.38. The molecule has 4 heteroatoms. The molecule has 2 N–H and O–H groups in total. The highest BCUT2D eigenvalue weighted by atomic mass is 32.1. The number of rotatable bonds is 1. The number of carbonyl (C=O) groups excluding carboxylic acids is 1. The highest BCUT2D eigenvalue weighted by molar-refractivity contribution is 7.19. The summed E-state index contributed by atoms with van der Waals surface area (Å²) in [6, 6.07) is 5.18. The highest BCUT2D eigenvalue weighted by Gasteiger charge is 2.26. The van der Waals surface area contributed by atoms with Crippen LogP contribution in [-0.4, -0.2) is 5.91 Å². The normalized spacial score (nSPS) is 19.2. The zero-order valence-electron chi connectivity index (χ0n) is 9.20. The van der Waals surface area contributed by atoms with Crippen molar-refractivity contribution in [1.29, 1.82) is 0 Å². The standard InChI is InChI=1S/C13H12FNOS/c14-10-3-1-2-9-8-5-4-7(13(15)16)6-11(8)17-12(9)10/h1-3,7H,4-6H2,(H2,15,16)/t7-/m1/s1. The fourth-order valence-electron chi connectivity index (χ4n) is 2.51. The van der Waals surface area contributed by atoms with Crippen LogP contribution in [-0.2, 0) is 17.6 Å². The first-order chi connectivity index (χ1) is 8.16. The lowest BCUT2D eigenvalue weighted by molar-refractivity contribution is -0.122. The minimum absolute atomic E-state index is 0.0846. The van der Waals surface area contributed by atoms with Crippen LogP contribution in [0.15, 0.2) is 18.2 Å². The number of aryl methyl sites for hydroxylation is 1. The van der Waals surface area contributed by atoms with Crippen LogP contribution in [0.3, 0.4) is 0 Å². The van der Waals surface area contributed by atoms with Crippen LogP contribution in [0.1, 0.15) is 16.9 Å². The smallest absolute Gasteiger partial charge is 0.220 e. The van der Waals surface area contributed by atoms with Crippen molar-refractivity contribution >= 4 is 27.3 Å². The van der Waals surface area contributed by atoms with E-state index >= 15 is 0 Å². The SMILES string of the molecule is NC(=O)[C@@H]1CCc2c(sc3c(F)cccc23)C1. The summed E-state index contributed by atoms with van der Waals surface area (Å²) < 4.78 is 14.4. The molecule has 0 saturated heterocycles. The van der Waals surface area contributed by atoms with Gasteiger partial charge >= 0.3 is 0 Å². The number of primary amides is 1. The molecule has 0 saturated carbocycles. The predicted octanol–water partition coefficient (Wildman–Crippen LogP) is 2.63. The first-order valence-corrected chi connectivity index (χ1v) is 6.46. The van der Waals surface area contributed by atoms with E-state index in [9.17, 15) is 9.18 Å². The van der Waals surface area contributed by atoms with Crippen molar-refractivity contribution in [3.05, 3.63) is 34.5 Å². The van der Waals surface area contributed by atoms with Crippen molar-refractivity contribution in [2.75, 3.05) is 0 Å². The van der Waals surface area contributed by atoms with Crippen LogP contribution in [0.25, 0.3) is 10.1 Å². The van der Waals surface area contributed by atoms with Crippen molar-refractivity contribution < 1.29 is 9.18 Å². The zero-order valence-corrected chi connectivity index (χ0v) is 10.0. The molecule has 0 bridgehead atoms. The Kier molecular flexibility index (Phi) is 2.40. The molecule has 0 radical (unpaired) electrons. The summed E-state index contributed by atoms with van der Waals surface area (Å²) in [6.07, 6.45) is 2.28. The molecule has 2 nitrogen and oxygen atoms in total. The lowest BCUT2D eigenvalue weighted by atomic mass is 9.87. The van der Waals surface area contributed by atoms with E-state index in [1.165, 1.54) is 23.0 Å². The quantitative estimate of drug-likeness (QED) is 0.829. The summed E-state index contributed by atoms with van der Waals surface area (Å²) in [4.78, 5) is 12.3. The second kappa shape index (κ2) is 3.81. The second-order valence-electron chi connectivity index (χ2n) is 4.46. The summed E-state index contributed by atoms with van der Waals surface area (Å²) in [5.41, 5.74) is 6.55. The molecule has 2 aromatic rings. The van der Waals surface area contributed by atoms with Gasteiger partial charge in [-0.15, -0.1) is 11.3 Å². The van der Waals surface area contributed by atoms with Crippen LogP contribution in [0.5, 0.6) is 0 Å². The Bertz CT molecular complexity index is 605. The number of thiophene rings is 1. The number of nitrogens with two attached hydrogens (primary N) is 1. The van der Waals surface area contributed by atoms with E-state index in [1.807, 2.05) is 6.07 Å². The van der Waals surface area contributed by atoms with Gasteiger partial charge in [-0.25, -0.2) is 4.39 Å². The van der Waals surface area contributed by atoms with Crippen molar-refractivity contribution in [3.63, 3.8) is 0 Å². The van der Waals surface area contributed by atoms with Crippen molar-refractivity contribution in [2.45, 2.75) is 19.3 Å². The average molecular weight is 249 g/mol. The maximum atomic E-state index is 13.6. The van der Waals surface area contributed by atoms with E-state index in [4.69, 9.17) is 5.73 Å². The predicted molar refractivity (Wildman–Crippen MR) is 66.5 cm³/mol. The Labute approximate surface area is 102 Å². The molecule has 1 aromatic heterocycles. The maximum Gasteiger partial charge on any atom is 0.220 e. The van der Waals surface area contributed by atoms with E-state index in [2.05, 4.69) is 0 Å². The Morgan fingerprint density at radius 2 is 2.29 bits per heavy atom. The third-order valence-corrected chi connectivity index (χ3v) is 4.71. The molecule has 1 aromatic carbocycles. The van der Waals surface area contributed by atoms with Gasteiger partial charge in [0.1, 0.15) is 5.82 Å². The Morgan fingerprint density at radius 3 is 3.06 bits per heavy atom. The second-order valence-corrected chi connectivity index (χ2v) is 5.57. The van der Waals surface area contributed by atoms with Crippen LogP contribution in [0, 0.1) is 11.7 Å². The van der Waals surface area contributed by atoms with Crippen LogP contribution < -0.4 is 5.73 Å². The van der Waals surface area contributed by atoms with Crippen molar-refractivity contribution in [2.24, 2.45) is 11.7 Å². The Morgan fingerprint density at radius 1 is 1.47 bits per heavy atom. The zero-order chi connectivity index (χ0) is 12.0. The number of hydrogen-bond donors (Lipinski definition) is 1. The van der Waals surface area contributed by atoms with E-state index in [1.54, 1.807) is 6.07 Å². The molecule has 1 aliphatic carbocycles. The van der Waals surface area contributed by atoms with Gasteiger partial charge in [-0.3, -0.25) is 4.79 Å². The number of benzene rings is 1. The summed E-state index contributed by atoms with van der Waals surface area (Å²) in [5.74, 6) is -0.496. The minimum Gasteiger partial charge on any atom is -0.369 e. The number of fused-ring (bicyclic) bond motifs is 3. The van der Waals surface area contributed by atoms with Crippen molar-refractivity contribution in [3.8, 4) is 0 Å². The van der Waals surface area contributed by atoms with Crippen LogP contribution >= 0.6 is 11.3 Å². The summed E-state index contributed by atoms with van der Waals surface area (Å²) in [5, 5.41) is 1.01. The number of amides is 1. The monoisotopic (exact) mass is 249 g/mol. The van der Waals surface area contributed by atoms with Gasteiger partial charge in [0.05, 0.1) is 4.70 Å². The molecule has 1 atom stereocenters. The van der Waals surface area contributed by atoms with Gasteiger partial charge < -0.3 is 5.73 Å². The van der Waals surface area contributed by atoms with Crippen LogP contribution in [0.2, 0.25) is 0 Å². The molecule has 17 heavy (non-hydrogen) atoms. The Balaban J connectivity index is 2.13. The number of hydrogen-bond acceptors (Lipinski definition) is 2. The van der Waals surface area contributed by atoms with E-state index < -0.39 is 0 Å². The third kappa shape index (κ3) is 1.63. The third-order valence-electron chi connectivity index (χ3n) is 3.43. The molecule has 0 unspecified atom stereocenters. The molecule has 0 aliphatic heterocycles. The van der Waals surface area contributed by atoms with E-state index in [-0.39, 0.29) is 17.6 Å². The molecule has 1 heterocycles. The lowest BCUT2D eigenvalue weighted by Crippen LogP contribution is -2.27. The largest absolute Gasteiger partial charge is 0.369 e. The maximum absolute atomic E-state index is 13.6. The number of halogens is 1. The number of carbonyl (C=O) groups is 1. The van der Waals surface area contributed by atoms with Gasteiger partial charge in [-0.05, 0) is 36.3 Å². The van der Waals surface area contributed by atoms with Crippen LogP contribution in [0.4, 0.5) is 4.39 Å². The van der Waals surface area contributed by atoms with Gasteiger partial charge in [0.25, 0.3) is 0 Å². The fourth-order valence-corrected chi connectivity index (χ4v) is 3.84. The molecule has 0 fully saturated rings. The average Bonchev–Trinajstić information content (AvgIpc) is 2.68. The molecule has 0 spiro atoms. The molecular weight excluding hydrogens is 237 g/mol. The molecule has 1 amide bonds. The minimum atomic E-state index is -0.242. The van der Waals surface area contributed by atoms with Gasteiger partial charge in [0.2, 0.25) is 5.91 Å². The van der Waals surface area contributed by atoms with Gasteiger partial charge in [0, 0.05) is 10.8 Å². The molecular formula is C13H12FNOS. The van der Waals surface area contributed by atoms with Gasteiger partial charge in [-0.1, -0.05) is 12.1 Å². The molecule has 1 aliphatic rings. The summed E-state index contributed by atoms with van der Waals surface area (Å²) in [6.45, 7) is 0. The summed E-state index contributed by atoms with van der Waals surface area (Å²) in [7, 11) is 0. The first-order valence-electron chi connectivity index (χ1n) is 5.65. The van der Waals surface area contributed by atoms with Crippen molar-refractivity contribution in [1.82, 2.24) is 0 Å². The topological polar surface area (TPSA) is 43.1 Å². The molecule has 3 rings (SSSR count). The van der Waals surface area contributed by atoms with Gasteiger partial charge in [-0.2, -0.15) is 0 Å². The molecule has 88 valence electrons. The first kappa shape index (κ1) is 10.7.